The van der Waals surface area contributed by atoms with E-state index in [0.717, 1.165) is 6.42 Å². The summed E-state index contributed by atoms with van der Waals surface area (Å²) >= 11 is 0. The van der Waals surface area contributed by atoms with E-state index in [1.165, 1.54) is 38.8 Å². The maximum atomic E-state index is 9.24. The quantitative estimate of drug-likeness (QED) is 0.562. The van der Waals surface area contributed by atoms with Gasteiger partial charge in [0.05, 0.1) is 6.61 Å². The van der Waals surface area contributed by atoms with Crippen LogP contribution in [0.3, 0.4) is 0 Å². The van der Waals surface area contributed by atoms with Gasteiger partial charge in [-0.1, -0.05) is 19.8 Å². The van der Waals surface area contributed by atoms with Crippen molar-refractivity contribution in [1.29, 1.82) is 0 Å². The van der Waals surface area contributed by atoms with Gasteiger partial charge in [0, 0.05) is 5.54 Å². The molecular weight excluding hydrogens is 200 g/mol. The van der Waals surface area contributed by atoms with E-state index in [0.29, 0.717) is 0 Å². The second-order valence-corrected chi connectivity index (χ2v) is 5.08. The second-order valence-electron chi connectivity index (χ2n) is 5.08. The summed E-state index contributed by atoms with van der Waals surface area (Å²) in [6.45, 7) is 6.90. The smallest absolute Gasteiger partial charge is 0.0610 e. The summed E-state index contributed by atoms with van der Waals surface area (Å²) in [7, 11) is 4.11. The van der Waals surface area contributed by atoms with Crippen LogP contribution < -0.4 is 5.32 Å². The van der Waals surface area contributed by atoms with E-state index in [1.807, 2.05) is 7.05 Å². The Hall–Kier alpha value is -0.120. The highest BCUT2D eigenvalue weighted by Gasteiger charge is 2.19. The molecule has 16 heavy (non-hydrogen) atoms. The normalized spacial score (nSPS) is 15.4. The van der Waals surface area contributed by atoms with Crippen LogP contribution in [0.25, 0.3) is 0 Å². The zero-order valence-corrected chi connectivity index (χ0v) is 11.6. The molecule has 1 unspecified atom stereocenters. The number of likely N-dealkylation sites (N-methyl/N-ethyl adjacent to an activating group) is 1. The van der Waals surface area contributed by atoms with Crippen LogP contribution in [0.2, 0.25) is 0 Å². The Balaban J connectivity index is 3.51. The third kappa shape index (κ3) is 7.20. The minimum absolute atomic E-state index is 0.0952. The third-order valence-electron chi connectivity index (χ3n) is 3.36. The highest BCUT2D eigenvalue weighted by atomic mass is 16.3. The van der Waals surface area contributed by atoms with Gasteiger partial charge >= 0.3 is 0 Å². The van der Waals surface area contributed by atoms with Gasteiger partial charge in [-0.05, 0) is 53.4 Å². The van der Waals surface area contributed by atoms with Crippen molar-refractivity contribution >= 4 is 0 Å². The molecule has 0 heterocycles. The molecule has 0 spiro atoms. The second kappa shape index (κ2) is 8.97. The van der Waals surface area contributed by atoms with Gasteiger partial charge in [-0.3, -0.25) is 0 Å². The number of aliphatic hydroxyl groups excluding tert-OH is 1. The lowest BCUT2D eigenvalue weighted by molar-refractivity contribution is 0.169. The molecule has 1 atom stereocenters. The summed E-state index contributed by atoms with van der Waals surface area (Å²) in [6, 6.07) is 0. The van der Waals surface area contributed by atoms with Crippen molar-refractivity contribution in [1.82, 2.24) is 10.2 Å². The number of nitrogens with one attached hydrogen (secondary N) is 1. The Kier molecular flexibility index (Phi) is 8.90. The Bertz CT molecular complexity index is 158. The van der Waals surface area contributed by atoms with Crippen molar-refractivity contribution < 1.29 is 5.11 Å². The maximum Gasteiger partial charge on any atom is 0.0610 e. The summed E-state index contributed by atoms with van der Waals surface area (Å²) < 4.78 is 0. The summed E-state index contributed by atoms with van der Waals surface area (Å²) in [5.74, 6) is 0. The predicted molar refractivity (Wildman–Crippen MR) is 70.8 cm³/mol. The Morgan fingerprint density at radius 2 is 1.81 bits per heavy atom. The summed E-state index contributed by atoms with van der Waals surface area (Å²) in [5, 5.41) is 12.4. The van der Waals surface area contributed by atoms with Gasteiger partial charge < -0.3 is 15.3 Å². The topological polar surface area (TPSA) is 35.5 Å². The largest absolute Gasteiger partial charge is 0.394 e. The number of unbranched alkanes of at least 4 members (excludes halogenated alkanes) is 2. The van der Waals surface area contributed by atoms with Gasteiger partial charge in [0.15, 0.2) is 0 Å². The molecule has 0 rings (SSSR count). The van der Waals surface area contributed by atoms with E-state index >= 15 is 0 Å². The van der Waals surface area contributed by atoms with Crippen molar-refractivity contribution in [2.24, 2.45) is 0 Å². The minimum Gasteiger partial charge on any atom is -0.394 e. The van der Waals surface area contributed by atoms with Gasteiger partial charge in [-0.25, -0.2) is 0 Å². The van der Waals surface area contributed by atoms with Crippen LogP contribution in [0.15, 0.2) is 0 Å². The van der Waals surface area contributed by atoms with Crippen LogP contribution in [-0.2, 0) is 0 Å². The maximum absolute atomic E-state index is 9.24. The summed E-state index contributed by atoms with van der Waals surface area (Å²) in [5.41, 5.74) is -0.0952. The fourth-order valence-corrected chi connectivity index (χ4v) is 1.72. The predicted octanol–water partition coefficient (Wildman–Crippen LogP) is 1.86. The molecule has 0 aliphatic carbocycles. The van der Waals surface area contributed by atoms with Crippen LogP contribution in [0, 0.1) is 0 Å². The molecule has 0 saturated carbocycles. The van der Waals surface area contributed by atoms with Crippen molar-refractivity contribution in [2.45, 2.75) is 51.5 Å². The molecule has 0 amide bonds. The first-order chi connectivity index (χ1) is 7.58. The zero-order valence-electron chi connectivity index (χ0n) is 11.6. The number of aliphatic hydroxyl groups is 1. The lowest BCUT2D eigenvalue weighted by Gasteiger charge is -2.27. The summed E-state index contributed by atoms with van der Waals surface area (Å²) in [6.07, 6.45) is 6.00. The van der Waals surface area contributed by atoms with Crippen LogP contribution in [-0.4, -0.2) is 49.3 Å². The standard InChI is InChI=1S/C13H30N2O/c1-5-6-10-15(4)11-8-7-9-13(2,12-16)14-3/h14,16H,5-12H2,1-4H3. The Morgan fingerprint density at radius 1 is 1.19 bits per heavy atom. The average molecular weight is 230 g/mol. The monoisotopic (exact) mass is 230 g/mol. The molecule has 2 N–H and O–H groups in total. The van der Waals surface area contributed by atoms with E-state index in [4.69, 9.17) is 0 Å². The Labute approximate surface area is 101 Å². The van der Waals surface area contributed by atoms with Gasteiger partial charge in [-0.2, -0.15) is 0 Å². The number of nitrogens with zero attached hydrogens (tertiary/aromatic N) is 1. The first kappa shape index (κ1) is 15.9. The van der Waals surface area contributed by atoms with Crippen LogP contribution in [0.1, 0.15) is 46.0 Å². The molecular formula is C13H30N2O. The van der Waals surface area contributed by atoms with E-state index < -0.39 is 0 Å². The van der Waals surface area contributed by atoms with E-state index in [2.05, 4.69) is 31.1 Å². The first-order valence-electron chi connectivity index (χ1n) is 6.56. The molecule has 0 aliphatic rings. The zero-order chi connectivity index (χ0) is 12.4. The SMILES string of the molecule is CCCCN(C)CCCCC(C)(CO)NC. The van der Waals surface area contributed by atoms with Crippen molar-refractivity contribution in [3.8, 4) is 0 Å². The number of hydrogen-bond donors (Lipinski definition) is 2. The molecule has 3 heteroatoms. The molecule has 0 aromatic carbocycles. The lowest BCUT2D eigenvalue weighted by atomic mass is 9.96. The molecule has 0 aliphatic heterocycles. The fraction of sp³-hybridized carbons (Fsp3) is 1.00. The average Bonchev–Trinajstić information content (AvgIpc) is 2.31. The number of hydrogen-bond acceptors (Lipinski definition) is 3. The van der Waals surface area contributed by atoms with E-state index in [1.54, 1.807) is 0 Å². The summed E-state index contributed by atoms with van der Waals surface area (Å²) in [4.78, 5) is 2.40. The molecule has 0 radical (unpaired) electrons. The molecule has 98 valence electrons. The van der Waals surface area contributed by atoms with Gasteiger partial charge in [0.1, 0.15) is 0 Å². The van der Waals surface area contributed by atoms with Gasteiger partial charge in [0.2, 0.25) is 0 Å². The van der Waals surface area contributed by atoms with Crippen molar-refractivity contribution in [3.05, 3.63) is 0 Å². The minimum atomic E-state index is -0.0952. The first-order valence-corrected chi connectivity index (χ1v) is 6.56. The molecule has 0 aromatic heterocycles. The molecule has 0 aromatic rings. The van der Waals surface area contributed by atoms with Crippen LogP contribution in [0.5, 0.6) is 0 Å². The molecule has 0 saturated heterocycles. The lowest BCUT2D eigenvalue weighted by Crippen LogP contribution is -2.43. The van der Waals surface area contributed by atoms with Crippen molar-refractivity contribution in [2.75, 3.05) is 33.8 Å². The Morgan fingerprint density at radius 3 is 2.31 bits per heavy atom. The highest BCUT2D eigenvalue weighted by molar-refractivity contribution is 4.80. The molecule has 0 fully saturated rings. The van der Waals surface area contributed by atoms with Gasteiger partial charge in [0.25, 0.3) is 0 Å². The number of rotatable bonds is 10. The molecule has 0 bridgehead atoms. The van der Waals surface area contributed by atoms with Crippen LogP contribution >= 0.6 is 0 Å². The third-order valence-corrected chi connectivity index (χ3v) is 3.36. The van der Waals surface area contributed by atoms with Crippen molar-refractivity contribution in [3.63, 3.8) is 0 Å². The van der Waals surface area contributed by atoms with Gasteiger partial charge in [-0.15, -0.1) is 0 Å². The van der Waals surface area contributed by atoms with E-state index in [9.17, 15) is 5.11 Å². The highest BCUT2D eigenvalue weighted by Crippen LogP contribution is 2.12. The molecule has 3 nitrogen and oxygen atoms in total. The fourth-order valence-electron chi connectivity index (χ4n) is 1.72. The van der Waals surface area contributed by atoms with E-state index in [-0.39, 0.29) is 12.1 Å². The van der Waals surface area contributed by atoms with Crippen LogP contribution in [0.4, 0.5) is 0 Å².